The average Bonchev–Trinajstić information content (AvgIpc) is 2.89. The quantitative estimate of drug-likeness (QED) is 0.647. The Bertz CT molecular complexity index is 913. The maximum absolute atomic E-state index is 12.2. The van der Waals surface area contributed by atoms with Gasteiger partial charge in [0, 0.05) is 6.20 Å². The van der Waals surface area contributed by atoms with E-state index in [0.29, 0.717) is 4.68 Å². The molecular weight excluding hydrogens is 295 g/mol. The minimum absolute atomic E-state index is 0.124. The molecule has 0 bridgehead atoms. The number of halogens is 3. The van der Waals surface area contributed by atoms with Crippen molar-refractivity contribution in [1.29, 1.82) is 0 Å². The first-order valence-corrected chi connectivity index (χ1v) is 5.34. The van der Waals surface area contributed by atoms with E-state index in [2.05, 4.69) is 20.3 Å². The third-order valence-corrected chi connectivity index (χ3v) is 2.52. The summed E-state index contributed by atoms with van der Waals surface area (Å²) in [6.45, 7) is 0. The van der Waals surface area contributed by atoms with Crippen LogP contribution in [0, 0.1) is 0 Å². The third-order valence-electron chi connectivity index (χ3n) is 2.52. The number of hydrogen-bond acceptors (Lipinski definition) is 6. The molecule has 108 valence electrons. The monoisotopic (exact) mass is 299 g/mol. The van der Waals surface area contributed by atoms with Gasteiger partial charge in [-0.05, 0) is 6.07 Å². The number of rotatable bonds is 1. The van der Waals surface area contributed by atoms with Gasteiger partial charge in [0.2, 0.25) is 0 Å². The van der Waals surface area contributed by atoms with Crippen LogP contribution in [0.2, 0.25) is 0 Å². The molecule has 0 fully saturated rings. The van der Waals surface area contributed by atoms with Crippen molar-refractivity contribution in [2.45, 2.75) is 6.18 Å². The highest BCUT2D eigenvalue weighted by Crippen LogP contribution is 2.14. The van der Waals surface area contributed by atoms with Crippen LogP contribution in [0.15, 0.2) is 23.4 Å². The topological polar surface area (TPSA) is 107 Å². The summed E-state index contributed by atoms with van der Waals surface area (Å²) in [6.07, 6.45) is -2.98. The highest BCUT2D eigenvalue weighted by atomic mass is 19.4. The van der Waals surface area contributed by atoms with Gasteiger partial charge in [-0.25, -0.2) is 4.68 Å². The summed E-state index contributed by atoms with van der Waals surface area (Å²) >= 11 is 0. The molecule has 1 amide bonds. The lowest BCUT2D eigenvalue weighted by molar-refractivity contribution is -0.168. The number of nitrogens with zero attached hydrogens (tertiary/aromatic N) is 6. The number of pyridine rings is 1. The third kappa shape index (κ3) is 2.05. The second-order valence-corrected chi connectivity index (χ2v) is 3.84. The fourth-order valence-electron chi connectivity index (χ4n) is 1.61. The maximum Gasteiger partial charge on any atom is 0.472 e. The minimum atomic E-state index is -5.12. The Hall–Kier alpha value is -3.05. The Morgan fingerprint density at radius 2 is 2.05 bits per heavy atom. The Morgan fingerprint density at radius 1 is 1.29 bits per heavy atom. The first-order chi connectivity index (χ1) is 9.88. The Kier molecular flexibility index (Phi) is 2.61. The molecule has 0 atom stereocenters. The van der Waals surface area contributed by atoms with Crippen LogP contribution in [0.4, 0.5) is 13.2 Å². The lowest BCUT2D eigenvalue weighted by atomic mass is 10.4. The number of carbonyl (C=O) groups is 1. The molecule has 1 N–H and O–H groups in total. The normalized spacial score (nSPS) is 12.0. The molecule has 0 saturated carbocycles. The number of amides is 1. The van der Waals surface area contributed by atoms with Crippen LogP contribution < -0.4 is 11.0 Å². The van der Waals surface area contributed by atoms with Gasteiger partial charge >= 0.3 is 12.1 Å². The van der Waals surface area contributed by atoms with Crippen LogP contribution in [0.3, 0.4) is 0 Å². The molecule has 9 nitrogen and oxygen atoms in total. The van der Waals surface area contributed by atoms with E-state index in [-0.39, 0.29) is 16.8 Å². The number of aromatic nitrogens is 6. The lowest BCUT2D eigenvalue weighted by Crippen LogP contribution is -2.40. The van der Waals surface area contributed by atoms with Crippen LogP contribution in [-0.4, -0.2) is 41.6 Å². The summed E-state index contributed by atoms with van der Waals surface area (Å²) in [5.74, 6) is -2.15. The summed E-state index contributed by atoms with van der Waals surface area (Å²) in [5.41, 5.74) is 0.363. The Labute approximate surface area is 112 Å². The first-order valence-electron chi connectivity index (χ1n) is 5.34. The van der Waals surface area contributed by atoms with Crippen molar-refractivity contribution in [3.05, 3.63) is 28.9 Å². The van der Waals surface area contributed by atoms with E-state index in [1.807, 2.05) is 0 Å². The number of fused-ring (bicyclic) bond motifs is 3. The van der Waals surface area contributed by atoms with Gasteiger partial charge in [-0.2, -0.15) is 27.8 Å². The second kappa shape index (κ2) is 4.22. The van der Waals surface area contributed by atoms with Gasteiger partial charge in [-0.1, -0.05) is 0 Å². The molecule has 0 aliphatic carbocycles. The molecular formula is C9H4F3N7O2. The van der Waals surface area contributed by atoms with Crippen molar-refractivity contribution < 1.29 is 18.0 Å². The molecule has 0 spiro atoms. The molecule has 0 aliphatic heterocycles. The van der Waals surface area contributed by atoms with Crippen LogP contribution in [0.5, 0.6) is 0 Å². The van der Waals surface area contributed by atoms with Gasteiger partial charge in [-0.3, -0.25) is 15.0 Å². The molecule has 0 radical (unpaired) electrons. The predicted molar refractivity (Wildman–Crippen MR) is 60.8 cm³/mol. The van der Waals surface area contributed by atoms with Crippen molar-refractivity contribution in [2.24, 2.45) is 0 Å². The van der Waals surface area contributed by atoms with E-state index in [9.17, 15) is 22.8 Å². The number of carbonyl (C=O) groups excluding carboxylic acids is 1. The summed E-state index contributed by atoms with van der Waals surface area (Å²) in [4.78, 5) is 26.6. The van der Waals surface area contributed by atoms with Crippen LogP contribution >= 0.6 is 0 Å². The SMILES string of the molecule is O=C(Nn1ccc2c(nnc3ncnn32)c1=O)C(F)(F)F. The van der Waals surface area contributed by atoms with Crippen molar-refractivity contribution in [1.82, 2.24) is 29.5 Å². The van der Waals surface area contributed by atoms with E-state index in [1.54, 1.807) is 0 Å². The molecule has 0 unspecified atom stereocenters. The lowest BCUT2D eigenvalue weighted by Gasteiger charge is -2.10. The molecule has 0 aromatic carbocycles. The fourth-order valence-corrected chi connectivity index (χ4v) is 1.61. The van der Waals surface area contributed by atoms with E-state index in [1.165, 1.54) is 22.3 Å². The Balaban J connectivity index is 2.15. The molecule has 12 heteroatoms. The molecule has 3 heterocycles. The summed E-state index contributed by atoms with van der Waals surface area (Å²) in [7, 11) is 0. The Morgan fingerprint density at radius 3 is 2.76 bits per heavy atom. The van der Waals surface area contributed by atoms with Crippen molar-refractivity contribution in [3.8, 4) is 0 Å². The van der Waals surface area contributed by atoms with Crippen LogP contribution in [0.1, 0.15) is 0 Å². The predicted octanol–water partition coefficient (Wildman–Crippen LogP) is -0.533. The van der Waals surface area contributed by atoms with E-state index >= 15 is 0 Å². The van der Waals surface area contributed by atoms with Gasteiger partial charge in [0.25, 0.3) is 11.3 Å². The fraction of sp³-hybridized carbons (Fsp3) is 0.111. The van der Waals surface area contributed by atoms with E-state index < -0.39 is 17.6 Å². The first kappa shape index (κ1) is 13.0. The number of alkyl halides is 3. The molecule has 3 aromatic rings. The van der Waals surface area contributed by atoms with Crippen molar-refractivity contribution >= 4 is 22.7 Å². The largest absolute Gasteiger partial charge is 0.472 e. The number of hydrogen-bond donors (Lipinski definition) is 1. The summed E-state index contributed by atoms with van der Waals surface area (Å²) in [5, 5.41) is 11.0. The summed E-state index contributed by atoms with van der Waals surface area (Å²) in [6, 6.07) is 1.25. The summed E-state index contributed by atoms with van der Waals surface area (Å²) < 4.78 is 38.1. The molecule has 21 heavy (non-hydrogen) atoms. The van der Waals surface area contributed by atoms with Crippen LogP contribution in [-0.2, 0) is 4.79 Å². The standard InChI is InChI=1S/C9H4F3N7O2/c10-9(11,12)7(21)17-18-2-1-4-5(6(18)20)15-16-8-13-3-14-19(4)8/h1-3H,(H,17,21). The van der Waals surface area contributed by atoms with Crippen molar-refractivity contribution in [3.63, 3.8) is 0 Å². The molecule has 0 aliphatic rings. The smallest absolute Gasteiger partial charge is 0.265 e. The minimum Gasteiger partial charge on any atom is -0.265 e. The maximum atomic E-state index is 12.2. The zero-order valence-corrected chi connectivity index (χ0v) is 9.87. The van der Waals surface area contributed by atoms with Gasteiger partial charge in [0.05, 0.1) is 0 Å². The molecule has 0 saturated heterocycles. The molecule has 3 aromatic heterocycles. The zero-order valence-electron chi connectivity index (χ0n) is 9.87. The highest BCUT2D eigenvalue weighted by Gasteiger charge is 2.39. The van der Waals surface area contributed by atoms with Gasteiger partial charge < -0.3 is 0 Å². The van der Waals surface area contributed by atoms with Crippen LogP contribution in [0.25, 0.3) is 16.8 Å². The van der Waals surface area contributed by atoms with Gasteiger partial charge in [0.1, 0.15) is 11.8 Å². The van der Waals surface area contributed by atoms with Gasteiger partial charge in [-0.15, -0.1) is 10.2 Å². The van der Waals surface area contributed by atoms with E-state index in [4.69, 9.17) is 0 Å². The van der Waals surface area contributed by atoms with E-state index in [0.717, 1.165) is 6.20 Å². The van der Waals surface area contributed by atoms with Gasteiger partial charge in [0.15, 0.2) is 5.52 Å². The average molecular weight is 299 g/mol. The number of nitrogens with one attached hydrogen (secondary N) is 1. The molecule has 3 rings (SSSR count). The highest BCUT2D eigenvalue weighted by molar-refractivity contribution is 5.89. The second-order valence-electron chi connectivity index (χ2n) is 3.84. The van der Waals surface area contributed by atoms with Crippen molar-refractivity contribution in [2.75, 3.05) is 5.43 Å². The zero-order chi connectivity index (χ0) is 15.2.